The summed E-state index contributed by atoms with van der Waals surface area (Å²) in [7, 11) is -3.76. The summed E-state index contributed by atoms with van der Waals surface area (Å²) in [6.45, 7) is 3.37. The fourth-order valence-corrected chi connectivity index (χ4v) is 3.18. The lowest BCUT2D eigenvalue weighted by atomic mass is 10.0. The van der Waals surface area contributed by atoms with E-state index in [2.05, 4.69) is 10.0 Å². The van der Waals surface area contributed by atoms with Gasteiger partial charge in [0.25, 0.3) is 5.91 Å². The number of furan rings is 1. The van der Waals surface area contributed by atoms with Crippen LogP contribution in [0.4, 0.5) is 0 Å². The van der Waals surface area contributed by atoms with Crippen molar-refractivity contribution in [2.45, 2.75) is 31.3 Å². The van der Waals surface area contributed by atoms with Gasteiger partial charge in [0.05, 0.1) is 17.7 Å². The fourth-order valence-electron chi connectivity index (χ4n) is 2.19. The predicted molar refractivity (Wildman–Crippen MR) is 92.9 cm³/mol. The SMILES string of the molecule is CC(C)C(NC(=O)c1ccc(S(=O)(=O)NCc2ccco2)cc1)C(=O)O. The van der Waals surface area contributed by atoms with Crippen molar-refractivity contribution in [3.8, 4) is 0 Å². The topological polar surface area (TPSA) is 126 Å². The van der Waals surface area contributed by atoms with E-state index < -0.39 is 27.9 Å². The highest BCUT2D eigenvalue weighted by Crippen LogP contribution is 2.12. The number of rotatable bonds is 8. The van der Waals surface area contributed by atoms with Crippen LogP contribution in [-0.4, -0.2) is 31.4 Å². The Kier molecular flexibility index (Phi) is 6.17. The van der Waals surface area contributed by atoms with Gasteiger partial charge in [0.2, 0.25) is 10.0 Å². The number of aliphatic carboxylic acids is 1. The normalized spacial score (nSPS) is 12.7. The monoisotopic (exact) mass is 380 g/mol. The summed E-state index contributed by atoms with van der Waals surface area (Å²) in [5, 5.41) is 11.5. The molecule has 9 heteroatoms. The number of hydrogen-bond donors (Lipinski definition) is 3. The Morgan fingerprint density at radius 2 is 1.81 bits per heavy atom. The molecule has 0 aliphatic heterocycles. The minimum Gasteiger partial charge on any atom is -0.480 e. The van der Waals surface area contributed by atoms with Crippen LogP contribution in [0.3, 0.4) is 0 Å². The summed E-state index contributed by atoms with van der Waals surface area (Å²) in [5.41, 5.74) is 0.168. The molecule has 140 valence electrons. The minimum atomic E-state index is -3.76. The smallest absolute Gasteiger partial charge is 0.326 e. The molecule has 26 heavy (non-hydrogen) atoms. The number of benzene rings is 1. The molecule has 1 unspecified atom stereocenters. The number of amides is 1. The summed E-state index contributed by atoms with van der Waals surface area (Å²) < 4.78 is 31.9. The van der Waals surface area contributed by atoms with Crippen molar-refractivity contribution in [3.05, 3.63) is 54.0 Å². The van der Waals surface area contributed by atoms with E-state index >= 15 is 0 Å². The molecule has 1 amide bonds. The molecule has 2 aromatic rings. The Morgan fingerprint density at radius 1 is 1.15 bits per heavy atom. The highest BCUT2D eigenvalue weighted by molar-refractivity contribution is 7.89. The number of hydrogen-bond acceptors (Lipinski definition) is 5. The summed E-state index contributed by atoms with van der Waals surface area (Å²) >= 11 is 0. The molecule has 0 saturated carbocycles. The average Bonchev–Trinajstić information content (AvgIpc) is 3.11. The molecule has 0 aliphatic rings. The zero-order valence-electron chi connectivity index (χ0n) is 14.3. The first-order valence-corrected chi connectivity index (χ1v) is 9.35. The van der Waals surface area contributed by atoms with Crippen molar-refractivity contribution in [2.24, 2.45) is 5.92 Å². The largest absolute Gasteiger partial charge is 0.480 e. The Bertz CT molecular complexity index is 857. The van der Waals surface area contributed by atoms with Crippen molar-refractivity contribution in [2.75, 3.05) is 0 Å². The fraction of sp³-hybridized carbons (Fsp3) is 0.294. The third kappa shape index (κ3) is 4.93. The van der Waals surface area contributed by atoms with Crippen molar-refractivity contribution in [3.63, 3.8) is 0 Å². The van der Waals surface area contributed by atoms with Gasteiger partial charge in [0.15, 0.2) is 0 Å². The summed E-state index contributed by atoms with van der Waals surface area (Å²) in [6, 6.07) is 7.49. The van der Waals surface area contributed by atoms with E-state index in [1.54, 1.807) is 26.0 Å². The van der Waals surface area contributed by atoms with E-state index in [0.717, 1.165) is 0 Å². The van der Waals surface area contributed by atoms with Gasteiger partial charge in [-0.3, -0.25) is 4.79 Å². The van der Waals surface area contributed by atoms with Gasteiger partial charge < -0.3 is 14.8 Å². The van der Waals surface area contributed by atoms with Crippen LogP contribution in [0.2, 0.25) is 0 Å². The van der Waals surface area contributed by atoms with Gasteiger partial charge in [-0.2, -0.15) is 0 Å². The third-order valence-corrected chi connectivity index (χ3v) is 5.08. The van der Waals surface area contributed by atoms with Crippen LogP contribution < -0.4 is 10.0 Å². The lowest BCUT2D eigenvalue weighted by Crippen LogP contribution is -2.44. The van der Waals surface area contributed by atoms with Crippen molar-refractivity contribution < 1.29 is 27.5 Å². The molecule has 2 rings (SSSR count). The van der Waals surface area contributed by atoms with E-state index in [1.807, 2.05) is 0 Å². The molecule has 0 radical (unpaired) electrons. The van der Waals surface area contributed by atoms with E-state index in [-0.39, 0.29) is 22.9 Å². The first-order valence-electron chi connectivity index (χ1n) is 7.86. The van der Waals surface area contributed by atoms with E-state index in [0.29, 0.717) is 5.76 Å². The van der Waals surface area contributed by atoms with E-state index in [4.69, 9.17) is 9.52 Å². The Balaban J connectivity index is 2.06. The van der Waals surface area contributed by atoms with Gasteiger partial charge in [-0.15, -0.1) is 0 Å². The maximum Gasteiger partial charge on any atom is 0.326 e. The second-order valence-electron chi connectivity index (χ2n) is 5.96. The van der Waals surface area contributed by atoms with E-state index in [9.17, 15) is 18.0 Å². The Labute approximate surface area is 151 Å². The van der Waals surface area contributed by atoms with Crippen LogP contribution in [0.25, 0.3) is 0 Å². The lowest BCUT2D eigenvalue weighted by Gasteiger charge is -2.17. The van der Waals surface area contributed by atoms with Crippen LogP contribution in [0.15, 0.2) is 52.0 Å². The molecule has 8 nitrogen and oxygen atoms in total. The van der Waals surface area contributed by atoms with Gasteiger partial charge in [-0.1, -0.05) is 13.8 Å². The Morgan fingerprint density at radius 3 is 2.31 bits per heavy atom. The number of sulfonamides is 1. The highest BCUT2D eigenvalue weighted by Gasteiger charge is 2.24. The standard InChI is InChI=1S/C17H20N2O6S/c1-11(2)15(17(21)22)19-16(20)12-5-7-14(8-6-12)26(23,24)18-10-13-4-3-9-25-13/h3-9,11,15,18H,10H2,1-2H3,(H,19,20)(H,21,22). The molecule has 0 saturated heterocycles. The van der Waals surface area contributed by atoms with Crippen molar-refractivity contribution >= 4 is 21.9 Å². The zero-order chi connectivity index (χ0) is 19.3. The Hall–Kier alpha value is -2.65. The van der Waals surface area contributed by atoms with Crippen molar-refractivity contribution in [1.82, 2.24) is 10.0 Å². The molecular formula is C17H20N2O6S. The number of nitrogens with one attached hydrogen (secondary N) is 2. The molecule has 1 atom stereocenters. The predicted octanol–water partition coefficient (Wildman–Crippen LogP) is 1.60. The second-order valence-corrected chi connectivity index (χ2v) is 7.73. The van der Waals surface area contributed by atoms with Crippen LogP contribution >= 0.6 is 0 Å². The molecular weight excluding hydrogens is 360 g/mol. The number of carbonyl (C=O) groups is 2. The molecule has 1 aromatic heterocycles. The summed E-state index contributed by atoms with van der Waals surface area (Å²) in [5.74, 6) is -1.53. The summed E-state index contributed by atoms with van der Waals surface area (Å²) in [4.78, 5) is 23.3. The molecule has 0 aliphatic carbocycles. The molecule has 0 bridgehead atoms. The van der Waals surface area contributed by atoms with Gasteiger partial charge >= 0.3 is 5.97 Å². The molecule has 1 heterocycles. The number of carbonyl (C=O) groups excluding carboxylic acids is 1. The zero-order valence-corrected chi connectivity index (χ0v) is 15.1. The maximum atomic E-state index is 12.2. The molecule has 3 N–H and O–H groups in total. The van der Waals surface area contributed by atoms with Crippen molar-refractivity contribution in [1.29, 1.82) is 0 Å². The van der Waals surface area contributed by atoms with Crippen LogP contribution in [0.5, 0.6) is 0 Å². The first-order chi connectivity index (χ1) is 12.2. The molecule has 1 aromatic carbocycles. The van der Waals surface area contributed by atoms with Crippen LogP contribution in [0.1, 0.15) is 30.0 Å². The quantitative estimate of drug-likeness (QED) is 0.639. The second kappa shape index (κ2) is 8.15. The number of carboxylic acid groups (broad SMARTS) is 1. The first kappa shape index (κ1) is 19.7. The van der Waals surface area contributed by atoms with Gasteiger partial charge in [0.1, 0.15) is 11.8 Å². The minimum absolute atomic E-state index is 0.00620. The maximum absolute atomic E-state index is 12.2. The van der Waals surface area contributed by atoms with Crippen LogP contribution in [0, 0.1) is 5.92 Å². The van der Waals surface area contributed by atoms with Crippen LogP contribution in [-0.2, 0) is 21.4 Å². The van der Waals surface area contributed by atoms with Gasteiger partial charge in [-0.05, 0) is 42.3 Å². The number of carboxylic acids is 1. The summed E-state index contributed by atoms with van der Waals surface area (Å²) in [6.07, 6.45) is 1.44. The molecule has 0 fully saturated rings. The average molecular weight is 380 g/mol. The van der Waals surface area contributed by atoms with E-state index in [1.165, 1.54) is 30.5 Å². The molecule has 0 spiro atoms. The van der Waals surface area contributed by atoms with Gasteiger partial charge in [-0.25, -0.2) is 17.9 Å². The lowest BCUT2D eigenvalue weighted by molar-refractivity contribution is -0.140. The van der Waals surface area contributed by atoms with Gasteiger partial charge in [0, 0.05) is 5.56 Å². The third-order valence-electron chi connectivity index (χ3n) is 3.66. The highest BCUT2D eigenvalue weighted by atomic mass is 32.2.